The lowest BCUT2D eigenvalue weighted by Crippen LogP contribution is -2.14. The molecule has 0 aliphatic rings. The van der Waals surface area contributed by atoms with Crippen LogP contribution in [0.3, 0.4) is 0 Å². The molecule has 3 aromatic rings. The fourth-order valence-electron chi connectivity index (χ4n) is 2.84. The number of amides is 1. The van der Waals surface area contributed by atoms with Gasteiger partial charge in [0.05, 0.1) is 5.56 Å². The Hall–Kier alpha value is -2.82. The molecule has 3 N–H and O–H groups in total. The lowest BCUT2D eigenvalue weighted by Gasteiger charge is -2.06. The van der Waals surface area contributed by atoms with E-state index in [1.165, 1.54) is 5.56 Å². The van der Waals surface area contributed by atoms with Crippen molar-refractivity contribution in [1.29, 1.82) is 0 Å². The summed E-state index contributed by atoms with van der Waals surface area (Å²) in [6.45, 7) is 6.16. The smallest absolute Gasteiger partial charge is 0.258 e. The van der Waals surface area contributed by atoms with Gasteiger partial charge in [-0.3, -0.25) is 9.89 Å². The van der Waals surface area contributed by atoms with Crippen LogP contribution in [0, 0.1) is 6.92 Å². The number of aromatic nitrogens is 3. The van der Waals surface area contributed by atoms with Gasteiger partial charge in [-0.2, -0.15) is 5.10 Å². The van der Waals surface area contributed by atoms with Crippen molar-refractivity contribution in [3.63, 3.8) is 0 Å². The highest BCUT2D eigenvalue weighted by atomic mass is 16.1. The maximum atomic E-state index is 12.6. The van der Waals surface area contributed by atoms with Crippen LogP contribution in [0.15, 0.2) is 42.7 Å². The highest BCUT2D eigenvalue weighted by Crippen LogP contribution is 2.23. The first kappa shape index (κ1) is 16.1. The van der Waals surface area contributed by atoms with Gasteiger partial charge in [-0.05, 0) is 30.4 Å². The second-order valence-corrected chi connectivity index (χ2v) is 6.28. The van der Waals surface area contributed by atoms with Crippen molar-refractivity contribution in [2.75, 3.05) is 5.32 Å². The Labute approximate surface area is 141 Å². The van der Waals surface area contributed by atoms with Crippen LogP contribution in [-0.4, -0.2) is 21.1 Å². The van der Waals surface area contributed by atoms with Gasteiger partial charge in [-0.15, -0.1) is 0 Å². The van der Waals surface area contributed by atoms with Crippen molar-refractivity contribution in [2.24, 2.45) is 0 Å². The van der Waals surface area contributed by atoms with Crippen LogP contribution in [0.25, 0.3) is 0 Å². The molecule has 0 unspecified atom stereocenters. The Morgan fingerprint density at radius 3 is 2.62 bits per heavy atom. The summed E-state index contributed by atoms with van der Waals surface area (Å²) in [5.41, 5.74) is 4.81. The van der Waals surface area contributed by atoms with Crippen molar-refractivity contribution in [3.8, 4) is 0 Å². The molecule has 124 valence electrons. The summed E-state index contributed by atoms with van der Waals surface area (Å²) in [6, 6.07) is 10.1. The number of aromatic amines is 2. The molecule has 1 aromatic carbocycles. The van der Waals surface area contributed by atoms with Gasteiger partial charge < -0.3 is 10.3 Å². The summed E-state index contributed by atoms with van der Waals surface area (Å²) in [6.07, 6.45) is 4.32. The molecule has 2 heterocycles. The Bertz CT molecular complexity index is 830. The number of carbonyl (C=O) groups excluding carboxylic acids is 1. The summed E-state index contributed by atoms with van der Waals surface area (Å²) in [5, 5.41) is 10.2. The van der Waals surface area contributed by atoms with E-state index < -0.39 is 0 Å². The minimum absolute atomic E-state index is 0.146. The molecule has 5 heteroatoms. The molecule has 0 fully saturated rings. The molecule has 24 heavy (non-hydrogen) atoms. The van der Waals surface area contributed by atoms with Crippen LogP contribution in [0.5, 0.6) is 0 Å². The molecular weight excluding hydrogens is 300 g/mol. The van der Waals surface area contributed by atoms with Gasteiger partial charge in [-0.1, -0.05) is 44.2 Å². The van der Waals surface area contributed by atoms with Crippen molar-refractivity contribution >= 4 is 11.7 Å². The van der Waals surface area contributed by atoms with E-state index in [-0.39, 0.29) is 5.91 Å². The minimum Gasteiger partial charge on any atom is -0.367 e. The van der Waals surface area contributed by atoms with Crippen LogP contribution >= 0.6 is 0 Å². The van der Waals surface area contributed by atoms with Gasteiger partial charge in [0.1, 0.15) is 0 Å². The molecule has 5 nitrogen and oxygen atoms in total. The molecular formula is C19H22N4O. The number of carbonyl (C=O) groups is 1. The molecule has 3 rings (SSSR count). The first-order chi connectivity index (χ1) is 11.6. The third kappa shape index (κ3) is 3.25. The molecule has 0 spiro atoms. The van der Waals surface area contributed by atoms with Gasteiger partial charge in [0.15, 0.2) is 5.82 Å². The van der Waals surface area contributed by atoms with E-state index in [2.05, 4.69) is 46.5 Å². The number of nitrogens with one attached hydrogen (secondary N) is 3. The number of nitrogens with zero attached hydrogens (tertiary/aromatic N) is 1. The molecule has 1 amide bonds. The highest BCUT2D eigenvalue weighted by molar-refractivity contribution is 6.05. The lowest BCUT2D eigenvalue weighted by atomic mass is 10.0. The van der Waals surface area contributed by atoms with Gasteiger partial charge in [0.25, 0.3) is 5.91 Å². The van der Waals surface area contributed by atoms with Crippen LogP contribution in [0.2, 0.25) is 0 Å². The fourth-order valence-corrected chi connectivity index (χ4v) is 2.84. The summed E-state index contributed by atoms with van der Waals surface area (Å²) in [5.74, 6) is 0.784. The second-order valence-electron chi connectivity index (χ2n) is 6.28. The number of H-pyrrole nitrogens is 2. The van der Waals surface area contributed by atoms with E-state index in [4.69, 9.17) is 0 Å². The monoisotopic (exact) mass is 322 g/mol. The number of hydrogen-bond donors (Lipinski definition) is 3. The van der Waals surface area contributed by atoms with E-state index in [0.717, 1.165) is 16.8 Å². The third-order valence-corrected chi connectivity index (χ3v) is 4.17. The first-order valence-electron chi connectivity index (χ1n) is 8.12. The number of hydrogen-bond acceptors (Lipinski definition) is 2. The second kappa shape index (κ2) is 6.74. The first-order valence-corrected chi connectivity index (χ1v) is 8.12. The molecule has 0 saturated carbocycles. The zero-order valence-corrected chi connectivity index (χ0v) is 14.2. The SMILES string of the molecule is Cc1c(NC(=O)c2c[nH]cc2Cc2ccccc2)n[nH]c1C(C)C. The standard InChI is InChI=1S/C19H22N4O/c1-12(2)17-13(3)18(23-22-17)21-19(24)16-11-20-10-15(16)9-14-7-5-4-6-8-14/h4-8,10-12,20H,9H2,1-3H3,(H2,21,22,23,24). The summed E-state index contributed by atoms with van der Waals surface area (Å²) in [7, 11) is 0. The Morgan fingerprint density at radius 1 is 1.21 bits per heavy atom. The maximum Gasteiger partial charge on any atom is 0.258 e. The summed E-state index contributed by atoms with van der Waals surface area (Å²) < 4.78 is 0. The van der Waals surface area contributed by atoms with Gasteiger partial charge in [0.2, 0.25) is 0 Å². The van der Waals surface area contributed by atoms with Crippen molar-refractivity contribution in [1.82, 2.24) is 15.2 Å². The fraction of sp³-hybridized carbons (Fsp3) is 0.263. The van der Waals surface area contributed by atoms with Crippen LogP contribution < -0.4 is 5.32 Å². The van der Waals surface area contributed by atoms with E-state index in [1.807, 2.05) is 31.3 Å². The molecule has 0 saturated heterocycles. The van der Waals surface area contributed by atoms with Crippen LogP contribution in [0.4, 0.5) is 5.82 Å². The molecule has 0 radical (unpaired) electrons. The number of benzene rings is 1. The zero-order chi connectivity index (χ0) is 17.1. The highest BCUT2D eigenvalue weighted by Gasteiger charge is 2.17. The summed E-state index contributed by atoms with van der Waals surface area (Å²) in [4.78, 5) is 15.7. The Morgan fingerprint density at radius 2 is 1.96 bits per heavy atom. The van der Waals surface area contributed by atoms with Gasteiger partial charge in [-0.25, -0.2) is 0 Å². The normalized spacial score (nSPS) is 11.0. The van der Waals surface area contributed by atoms with Crippen molar-refractivity contribution in [3.05, 3.63) is 70.7 Å². The van der Waals surface area contributed by atoms with Crippen molar-refractivity contribution in [2.45, 2.75) is 33.1 Å². The molecule has 2 aromatic heterocycles. The van der Waals surface area contributed by atoms with Gasteiger partial charge >= 0.3 is 0 Å². The van der Waals surface area contributed by atoms with E-state index in [0.29, 0.717) is 23.7 Å². The molecule has 0 aliphatic carbocycles. The Kier molecular flexibility index (Phi) is 4.51. The van der Waals surface area contributed by atoms with E-state index in [1.54, 1.807) is 6.20 Å². The zero-order valence-electron chi connectivity index (χ0n) is 14.2. The predicted molar refractivity (Wildman–Crippen MR) is 95.4 cm³/mol. The number of rotatable bonds is 5. The minimum atomic E-state index is -0.146. The Balaban J connectivity index is 1.78. The summed E-state index contributed by atoms with van der Waals surface area (Å²) >= 11 is 0. The third-order valence-electron chi connectivity index (χ3n) is 4.17. The van der Waals surface area contributed by atoms with Gasteiger partial charge in [0, 0.05) is 23.7 Å². The molecule has 0 bridgehead atoms. The predicted octanol–water partition coefficient (Wildman–Crippen LogP) is 4.01. The molecule has 0 atom stereocenters. The topological polar surface area (TPSA) is 73.6 Å². The number of anilines is 1. The quantitative estimate of drug-likeness (QED) is 0.664. The average molecular weight is 322 g/mol. The largest absolute Gasteiger partial charge is 0.367 e. The lowest BCUT2D eigenvalue weighted by molar-refractivity contribution is 0.102. The van der Waals surface area contributed by atoms with Crippen molar-refractivity contribution < 1.29 is 4.79 Å². The van der Waals surface area contributed by atoms with Crippen LogP contribution in [-0.2, 0) is 6.42 Å². The van der Waals surface area contributed by atoms with E-state index in [9.17, 15) is 4.79 Å². The van der Waals surface area contributed by atoms with E-state index >= 15 is 0 Å². The maximum absolute atomic E-state index is 12.6. The molecule has 0 aliphatic heterocycles. The average Bonchev–Trinajstić information content (AvgIpc) is 3.16. The van der Waals surface area contributed by atoms with Crippen LogP contribution in [0.1, 0.15) is 52.5 Å².